The Morgan fingerprint density at radius 3 is 2.61 bits per heavy atom. The van der Waals surface area contributed by atoms with Crippen molar-refractivity contribution in [2.75, 3.05) is 7.11 Å². The highest BCUT2D eigenvalue weighted by atomic mass is 16.5. The lowest BCUT2D eigenvalue weighted by molar-refractivity contribution is -0.135. The average Bonchev–Trinajstić information content (AvgIpc) is 2.38. The topological polar surface area (TPSA) is 85.9 Å². The number of hydrogen-bond acceptors (Lipinski definition) is 5. The van der Waals surface area contributed by atoms with Gasteiger partial charge in [0.05, 0.1) is 18.4 Å². The maximum absolute atomic E-state index is 11.5. The number of methoxy groups -OCH3 is 1. The van der Waals surface area contributed by atoms with Crippen LogP contribution in [0.1, 0.15) is 20.3 Å². The number of nitriles is 2. The smallest absolute Gasteiger partial charge is 0.350 e. The molecule has 18 heavy (non-hydrogen) atoms. The van der Waals surface area contributed by atoms with E-state index >= 15 is 0 Å². The predicted octanol–water partition coefficient (Wildman–Crippen LogP) is 1.67. The lowest BCUT2D eigenvalue weighted by Crippen LogP contribution is -2.23. The van der Waals surface area contributed by atoms with Gasteiger partial charge in [-0.3, -0.25) is 0 Å². The lowest BCUT2D eigenvalue weighted by atomic mass is 9.98. The molecule has 0 spiro atoms. The minimum absolute atomic E-state index is 0.188. The fraction of sp³-hybridized carbons (Fsp3) is 0.308. The molecule has 1 N–H and O–H groups in total. The maximum Gasteiger partial charge on any atom is 0.350 e. The van der Waals surface area contributed by atoms with E-state index in [1.807, 2.05) is 19.1 Å². The summed E-state index contributed by atoms with van der Waals surface area (Å²) in [5.74, 6) is -0.752. The van der Waals surface area contributed by atoms with Gasteiger partial charge < -0.3 is 10.1 Å². The summed E-state index contributed by atoms with van der Waals surface area (Å²) in [5.41, 5.74) is 1.89. The second-order valence-electron chi connectivity index (χ2n) is 3.67. The van der Waals surface area contributed by atoms with E-state index in [4.69, 9.17) is 10.5 Å². The largest absolute Gasteiger partial charge is 0.465 e. The molecule has 1 heterocycles. The molecule has 92 valence electrons. The fourth-order valence-corrected chi connectivity index (χ4v) is 1.62. The molecule has 5 heteroatoms. The molecule has 0 unspecified atom stereocenters. The first-order valence-electron chi connectivity index (χ1n) is 5.40. The van der Waals surface area contributed by atoms with Crippen molar-refractivity contribution in [1.82, 2.24) is 5.32 Å². The van der Waals surface area contributed by atoms with E-state index in [2.05, 4.69) is 10.1 Å². The summed E-state index contributed by atoms with van der Waals surface area (Å²) in [4.78, 5) is 11.5. The average molecular weight is 243 g/mol. The van der Waals surface area contributed by atoms with E-state index in [1.54, 1.807) is 13.0 Å². The van der Waals surface area contributed by atoms with Gasteiger partial charge in [-0.05, 0) is 25.0 Å². The third-order valence-electron chi connectivity index (χ3n) is 2.56. The Hall–Kier alpha value is -2.53. The van der Waals surface area contributed by atoms with Crippen molar-refractivity contribution >= 4 is 5.97 Å². The van der Waals surface area contributed by atoms with Crippen LogP contribution in [0.25, 0.3) is 0 Å². The molecule has 0 saturated heterocycles. The molecule has 0 aliphatic carbocycles. The van der Waals surface area contributed by atoms with Gasteiger partial charge in [0, 0.05) is 5.70 Å². The number of rotatable bonds is 2. The number of allylic oxidation sites excluding steroid dienone is 4. The zero-order valence-corrected chi connectivity index (χ0v) is 10.5. The summed E-state index contributed by atoms with van der Waals surface area (Å²) in [5, 5.41) is 21.1. The highest BCUT2D eigenvalue weighted by Crippen LogP contribution is 2.24. The van der Waals surface area contributed by atoms with Gasteiger partial charge in [0.2, 0.25) is 0 Å². The summed E-state index contributed by atoms with van der Waals surface area (Å²) < 4.78 is 4.54. The Morgan fingerprint density at radius 2 is 2.17 bits per heavy atom. The van der Waals surface area contributed by atoms with Gasteiger partial charge in [0.15, 0.2) is 5.57 Å². The van der Waals surface area contributed by atoms with Crippen molar-refractivity contribution < 1.29 is 9.53 Å². The number of esters is 1. The second kappa shape index (κ2) is 5.70. The molecule has 5 nitrogen and oxygen atoms in total. The molecule has 0 aromatic rings. The molecule has 0 radical (unpaired) electrons. The van der Waals surface area contributed by atoms with Crippen LogP contribution in [0.2, 0.25) is 0 Å². The van der Waals surface area contributed by atoms with Crippen molar-refractivity contribution in [1.29, 1.82) is 10.5 Å². The minimum Gasteiger partial charge on any atom is -0.465 e. The molecular formula is C13H13N3O2. The zero-order valence-electron chi connectivity index (χ0n) is 10.5. The van der Waals surface area contributed by atoms with Crippen LogP contribution in [0.5, 0.6) is 0 Å². The molecule has 0 saturated carbocycles. The van der Waals surface area contributed by atoms with Gasteiger partial charge in [-0.1, -0.05) is 6.92 Å². The molecule has 0 aromatic carbocycles. The monoisotopic (exact) mass is 243 g/mol. The zero-order chi connectivity index (χ0) is 13.7. The van der Waals surface area contributed by atoms with Crippen LogP contribution < -0.4 is 5.32 Å². The Balaban J connectivity index is 3.46. The quantitative estimate of drug-likeness (QED) is 0.453. The Morgan fingerprint density at radius 1 is 1.50 bits per heavy atom. The van der Waals surface area contributed by atoms with Gasteiger partial charge in [-0.25, -0.2) is 4.79 Å². The summed E-state index contributed by atoms with van der Waals surface area (Å²) in [6, 6.07) is 3.78. The molecule has 1 rings (SSSR count). The summed E-state index contributed by atoms with van der Waals surface area (Å²) in [7, 11) is 1.20. The number of dihydropyridines is 1. The van der Waals surface area contributed by atoms with E-state index in [0.717, 1.165) is 11.3 Å². The number of nitrogens with zero attached hydrogens (tertiary/aromatic N) is 2. The molecule has 0 amide bonds. The third-order valence-corrected chi connectivity index (χ3v) is 2.56. The van der Waals surface area contributed by atoms with E-state index in [-0.39, 0.29) is 16.8 Å². The SMILES string of the molecule is CCC1=CC(C)=C(C#N)/C(=C(\C#N)C(=O)OC)N1. The number of ether oxygens (including phenoxy) is 1. The van der Waals surface area contributed by atoms with Crippen molar-refractivity contribution in [3.63, 3.8) is 0 Å². The van der Waals surface area contributed by atoms with E-state index in [0.29, 0.717) is 6.42 Å². The molecule has 0 aromatic heterocycles. The van der Waals surface area contributed by atoms with Crippen molar-refractivity contribution in [2.24, 2.45) is 0 Å². The van der Waals surface area contributed by atoms with E-state index < -0.39 is 5.97 Å². The standard InChI is InChI=1S/C13H13N3O2/c1-4-9-5-8(2)10(6-14)12(16-9)11(7-15)13(17)18-3/h5,16H,4H2,1-3H3/b12-11-. The van der Waals surface area contributed by atoms with Crippen LogP contribution in [0.4, 0.5) is 0 Å². The van der Waals surface area contributed by atoms with Gasteiger partial charge in [0.25, 0.3) is 0 Å². The van der Waals surface area contributed by atoms with Gasteiger partial charge >= 0.3 is 5.97 Å². The molecule has 1 aliphatic rings. The lowest BCUT2D eigenvalue weighted by Gasteiger charge is -2.20. The molecule has 0 fully saturated rings. The minimum atomic E-state index is -0.752. The van der Waals surface area contributed by atoms with Crippen LogP contribution >= 0.6 is 0 Å². The van der Waals surface area contributed by atoms with Crippen LogP contribution in [-0.4, -0.2) is 13.1 Å². The van der Waals surface area contributed by atoms with Crippen LogP contribution in [0.3, 0.4) is 0 Å². The van der Waals surface area contributed by atoms with Gasteiger partial charge in [-0.2, -0.15) is 10.5 Å². The molecule has 0 bridgehead atoms. The first-order chi connectivity index (χ1) is 8.58. The molecular weight excluding hydrogens is 230 g/mol. The second-order valence-corrected chi connectivity index (χ2v) is 3.67. The van der Waals surface area contributed by atoms with Crippen molar-refractivity contribution in [2.45, 2.75) is 20.3 Å². The van der Waals surface area contributed by atoms with Crippen LogP contribution in [0.15, 0.2) is 34.2 Å². The highest BCUT2D eigenvalue weighted by Gasteiger charge is 2.23. The first kappa shape index (κ1) is 13.5. The van der Waals surface area contributed by atoms with Crippen molar-refractivity contribution in [3.05, 3.63) is 34.2 Å². The maximum atomic E-state index is 11.5. The highest BCUT2D eigenvalue weighted by molar-refractivity contribution is 5.95. The number of hydrogen-bond donors (Lipinski definition) is 1. The van der Waals surface area contributed by atoms with Gasteiger partial charge in [0.1, 0.15) is 12.1 Å². The first-order valence-corrected chi connectivity index (χ1v) is 5.40. The number of carbonyl (C=O) groups excluding carboxylic acids is 1. The van der Waals surface area contributed by atoms with Crippen LogP contribution in [0, 0.1) is 22.7 Å². The Labute approximate surface area is 106 Å². The fourth-order valence-electron chi connectivity index (χ4n) is 1.62. The summed E-state index contributed by atoms with van der Waals surface area (Å²) >= 11 is 0. The summed E-state index contributed by atoms with van der Waals surface area (Å²) in [6.07, 6.45) is 2.54. The summed E-state index contributed by atoms with van der Waals surface area (Å²) in [6.45, 7) is 3.70. The van der Waals surface area contributed by atoms with E-state index in [9.17, 15) is 4.79 Å². The van der Waals surface area contributed by atoms with Gasteiger partial charge in [-0.15, -0.1) is 0 Å². The Bertz CT molecular complexity index is 554. The molecule has 1 aliphatic heterocycles. The predicted molar refractivity (Wildman–Crippen MR) is 64.5 cm³/mol. The Kier molecular flexibility index (Phi) is 4.28. The number of nitrogens with one attached hydrogen (secondary N) is 1. The third kappa shape index (κ3) is 2.41. The normalized spacial score (nSPS) is 17.1. The molecule has 0 atom stereocenters. The van der Waals surface area contributed by atoms with Crippen LogP contribution in [-0.2, 0) is 9.53 Å². The van der Waals surface area contributed by atoms with Crippen molar-refractivity contribution in [3.8, 4) is 12.1 Å². The van der Waals surface area contributed by atoms with E-state index in [1.165, 1.54) is 7.11 Å². The number of carbonyl (C=O) groups is 1.